The molecule has 11 atom stereocenters. The van der Waals surface area contributed by atoms with E-state index in [1.54, 1.807) is 6.08 Å². The molecule has 3 saturated carbocycles. The second-order valence-electron chi connectivity index (χ2n) is 11.4. The van der Waals surface area contributed by atoms with Crippen LogP contribution in [0.1, 0.15) is 39.0 Å². The Labute approximate surface area is 204 Å². The van der Waals surface area contributed by atoms with Crippen molar-refractivity contribution in [3.05, 3.63) is 35.6 Å². The molecule has 0 aromatic carbocycles. The van der Waals surface area contributed by atoms with Gasteiger partial charge in [-0.1, -0.05) is 19.1 Å². The zero-order valence-electron chi connectivity index (χ0n) is 19.9. The van der Waals surface area contributed by atoms with E-state index >= 15 is 0 Å². The molecule has 0 aromatic rings. The fourth-order valence-electron chi connectivity index (χ4n) is 8.17. The maximum absolute atomic E-state index is 12.8. The number of ketones is 1. The van der Waals surface area contributed by atoms with Gasteiger partial charge in [0.1, 0.15) is 17.4 Å². The van der Waals surface area contributed by atoms with E-state index in [1.165, 1.54) is 6.08 Å². The van der Waals surface area contributed by atoms with Crippen LogP contribution < -0.4 is 10.6 Å². The molecular formula is C27H34N2O6. The van der Waals surface area contributed by atoms with E-state index in [1.807, 2.05) is 12.2 Å². The van der Waals surface area contributed by atoms with Crippen LogP contribution in [0.3, 0.4) is 0 Å². The van der Waals surface area contributed by atoms with Crippen molar-refractivity contribution < 1.29 is 29.3 Å². The first-order valence-electron chi connectivity index (χ1n) is 13.1. The van der Waals surface area contributed by atoms with Gasteiger partial charge in [0, 0.05) is 6.54 Å². The Hall–Kier alpha value is -2.45. The zero-order valence-corrected chi connectivity index (χ0v) is 19.9. The van der Waals surface area contributed by atoms with Crippen molar-refractivity contribution in [3.8, 4) is 0 Å². The van der Waals surface area contributed by atoms with Crippen molar-refractivity contribution in [2.75, 3.05) is 6.54 Å². The van der Waals surface area contributed by atoms with Crippen molar-refractivity contribution in [2.24, 2.45) is 41.4 Å². The minimum absolute atomic E-state index is 0.111. The van der Waals surface area contributed by atoms with E-state index in [0.717, 1.165) is 25.7 Å². The maximum Gasteiger partial charge on any atom is 0.259 e. The van der Waals surface area contributed by atoms with E-state index in [-0.39, 0.29) is 36.1 Å². The molecule has 8 nitrogen and oxygen atoms in total. The van der Waals surface area contributed by atoms with Crippen LogP contribution in [-0.2, 0) is 19.1 Å². The van der Waals surface area contributed by atoms with Gasteiger partial charge in [0.05, 0.1) is 18.3 Å². The smallest absolute Gasteiger partial charge is 0.259 e. The number of amides is 2. The molecule has 6 aliphatic rings. The minimum Gasteiger partial charge on any atom is -0.507 e. The Bertz CT molecular complexity index is 1030. The van der Waals surface area contributed by atoms with E-state index in [4.69, 9.17) is 4.74 Å². The molecule has 3 aliphatic carbocycles. The Morgan fingerprint density at radius 2 is 1.83 bits per heavy atom. The summed E-state index contributed by atoms with van der Waals surface area (Å²) in [6.07, 6.45) is 10.8. The number of nitrogens with one attached hydrogen (secondary N) is 2. The molecule has 35 heavy (non-hydrogen) atoms. The highest BCUT2D eigenvalue weighted by Crippen LogP contribution is 2.65. The fourth-order valence-corrected chi connectivity index (χ4v) is 8.17. The number of Topliss-reactive ketones (excluding diaryl/α,β-unsaturated/α-hetero) is 1. The number of aliphatic hydroxyl groups excluding tert-OH is 2. The van der Waals surface area contributed by atoms with E-state index < -0.39 is 23.8 Å². The van der Waals surface area contributed by atoms with Crippen LogP contribution in [0.15, 0.2) is 35.6 Å². The van der Waals surface area contributed by atoms with Crippen LogP contribution in [-0.4, -0.2) is 58.7 Å². The molecule has 0 radical (unpaired) electrons. The molecule has 188 valence electrons. The normalized spacial score (nSPS) is 48.9. The highest BCUT2D eigenvalue weighted by Gasteiger charge is 2.66. The summed E-state index contributed by atoms with van der Waals surface area (Å²) >= 11 is 0. The Morgan fingerprint density at radius 1 is 1.00 bits per heavy atom. The van der Waals surface area contributed by atoms with Gasteiger partial charge in [-0.25, -0.2) is 0 Å². The fraction of sp³-hybridized carbons (Fsp3) is 0.667. The first-order chi connectivity index (χ1) is 16.8. The number of allylic oxidation sites excluding steroid dienone is 3. The zero-order chi connectivity index (χ0) is 24.4. The van der Waals surface area contributed by atoms with Gasteiger partial charge in [-0.15, -0.1) is 0 Å². The summed E-state index contributed by atoms with van der Waals surface area (Å²) in [4.78, 5) is 37.6. The Morgan fingerprint density at radius 3 is 2.66 bits per heavy atom. The SMILES string of the molecule is C[C@@H]1[C@H]2O[C@H]2[C@H]2C[C@@H]3[C@@H](CC[C@H]4/C=C/C(O)=C5C(=O)NC(C5=O)C(O)CCNC(=O)/C=C\C[C@H]34)[C@@H]12. The largest absolute Gasteiger partial charge is 0.507 e. The third kappa shape index (κ3) is 3.76. The number of hydrogen-bond acceptors (Lipinski definition) is 6. The van der Waals surface area contributed by atoms with Crippen molar-refractivity contribution in [1.82, 2.24) is 10.6 Å². The number of carbonyl (C=O) groups is 3. The van der Waals surface area contributed by atoms with Crippen LogP contribution in [0.5, 0.6) is 0 Å². The van der Waals surface area contributed by atoms with Crippen molar-refractivity contribution in [2.45, 2.75) is 63.4 Å². The van der Waals surface area contributed by atoms with Gasteiger partial charge in [0.25, 0.3) is 5.91 Å². The van der Waals surface area contributed by atoms with Gasteiger partial charge in [0.2, 0.25) is 5.91 Å². The minimum atomic E-state index is -1.16. The number of rotatable bonds is 0. The lowest BCUT2D eigenvalue weighted by atomic mass is 9.64. The van der Waals surface area contributed by atoms with Crippen LogP contribution in [0.25, 0.3) is 0 Å². The summed E-state index contributed by atoms with van der Waals surface area (Å²) in [7, 11) is 0. The van der Waals surface area contributed by atoms with Crippen molar-refractivity contribution in [3.63, 3.8) is 0 Å². The topological polar surface area (TPSA) is 128 Å². The number of hydrogen-bond donors (Lipinski definition) is 4. The third-order valence-electron chi connectivity index (χ3n) is 9.73. The summed E-state index contributed by atoms with van der Waals surface area (Å²) in [6, 6.07) is -1.12. The first-order valence-corrected chi connectivity index (χ1v) is 13.1. The molecule has 2 amide bonds. The average molecular weight is 483 g/mol. The van der Waals surface area contributed by atoms with Gasteiger partial charge in [-0.05, 0) is 85.7 Å². The molecule has 0 aromatic heterocycles. The lowest BCUT2D eigenvalue weighted by Gasteiger charge is -2.41. The second-order valence-corrected chi connectivity index (χ2v) is 11.4. The van der Waals surface area contributed by atoms with Crippen LogP contribution >= 0.6 is 0 Å². The lowest BCUT2D eigenvalue weighted by Crippen LogP contribution is -2.42. The molecule has 2 bridgehead atoms. The van der Waals surface area contributed by atoms with Gasteiger partial charge < -0.3 is 25.6 Å². The van der Waals surface area contributed by atoms with Gasteiger partial charge in [-0.3, -0.25) is 14.4 Å². The molecule has 6 rings (SSSR count). The summed E-state index contributed by atoms with van der Waals surface area (Å²) in [5.74, 6) is 1.75. The number of aliphatic hydroxyl groups is 2. The molecule has 2 unspecified atom stereocenters. The number of epoxide rings is 1. The van der Waals surface area contributed by atoms with Gasteiger partial charge in [0.15, 0.2) is 5.78 Å². The Kier molecular flexibility index (Phi) is 5.64. The third-order valence-corrected chi connectivity index (χ3v) is 9.73. The molecule has 2 saturated heterocycles. The predicted molar refractivity (Wildman–Crippen MR) is 126 cm³/mol. The highest BCUT2D eigenvalue weighted by molar-refractivity contribution is 6.27. The number of fused-ring (bicyclic) bond motifs is 9. The molecule has 5 fully saturated rings. The maximum atomic E-state index is 12.8. The molecule has 4 N–H and O–H groups in total. The predicted octanol–water partition coefficient (Wildman–Crippen LogP) is 1.56. The number of ether oxygens (including phenoxy) is 1. The van der Waals surface area contributed by atoms with E-state index in [0.29, 0.717) is 47.7 Å². The van der Waals surface area contributed by atoms with Crippen molar-refractivity contribution in [1.29, 1.82) is 0 Å². The van der Waals surface area contributed by atoms with E-state index in [9.17, 15) is 24.6 Å². The average Bonchev–Trinajstić information content (AvgIpc) is 3.33. The van der Waals surface area contributed by atoms with Crippen molar-refractivity contribution >= 4 is 17.6 Å². The molecular weight excluding hydrogens is 448 g/mol. The number of carbonyl (C=O) groups excluding carboxylic acids is 3. The second kappa shape index (κ2) is 8.59. The van der Waals surface area contributed by atoms with Crippen LogP contribution in [0, 0.1) is 41.4 Å². The standard InChI is InChI=1S/C27H34N2O6/c1-12-21-15-7-5-13-6-8-18(30)22-24(33)23(29-27(22)34)19(31)9-10-28-20(32)4-2-3-14(13)16(15)11-17(21)26-25(12)35-26/h2,4,6,8,12-17,19,21,23,25-26,30-31H,3,5,7,9-11H2,1H3,(H,28,32)(H,29,34)/b4-2-,8-6+,22-18?/t12-,13-,14-,15+,16-,17-,19?,21+,23?,25+,26-/m0/s1. The molecule has 8 heteroatoms. The summed E-state index contributed by atoms with van der Waals surface area (Å²) in [5.41, 5.74) is -0.298. The lowest BCUT2D eigenvalue weighted by molar-refractivity contribution is -0.118. The monoisotopic (exact) mass is 482 g/mol. The molecule has 0 spiro atoms. The molecule has 3 heterocycles. The summed E-state index contributed by atoms with van der Waals surface area (Å²) < 4.78 is 5.96. The quantitative estimate of drug-likeness (QED) is 0.306. The van der Waals surface area contributed by atoms with Crippen LogP contribution in [0.4, 0.5) is 0 Å². The summed E-state index contributed by atoms with van der Waals surface area (Å²) in [5, 5.41) is 26.3. The Balaban J connectivity index is 1.30. The first kappa shape index (κ1) is 23.0. The highest BCUT2D eigenvalue weighted by atomic mass is 16.6. The van der Waals surface area contributed by atoms with E-state index in [2.05, 4.69) is 17.6 Å². The molecule has 3 aliphatic heterocycles. The summed E-state index contributed by atoms with van der Waals surface area (Å²) in [6.45, 7) is 2.51. The van der Waals surface area contributed by atoms with Gasteiger partial charge in [-0.2, -0.15) is 0 Å². The van der Waals surface area contributed by atoms with Crippen LogP contribution in [0.2, 0.25) is 0 Å². The van der Waals surface area contributed by atoms with Gasteiger partial charge >= 0.3 is 0 Å².